The van der Waals surface area contributed by atoms with Crippen molar-refractivity contribution in [2.24, 2.45) is 5.73 Å². The second-order valence-corrected chi connectivity index (χ2v) is 18.6. The Balaban J connectivity index is 1.70. The summed E-state index contributed by atoms with van der Waals surface area (Å²) >= 11 is 3.55. The van der Waals surface area contributed by atoms with E-state index in [1.165, 1.54) is 0 Å². The maximum Gasteiger partial charge on any atom is 0.410 e. The molecule has 9 nitrogen and oxygen atoms in total. The zero-order valence-corrected chi connectivity index (χ0v) is 26.5. The van der Waals surface area contributed by atoms with Crippen LogP contribution in [0.15, 0.2) is 16.7 Å². The first-order valence-corrected chi connectivity index (χ1v) is 16.8. The molecule has 37 heavy (non-hydrogen) atoms. The number of nitrogens with one attached hydrogen (secondary N) is 1. The molecule has 0 saturated carbocycles. The molecule has 11 heteroatoms. The van der Waals surface area contributed by atoms with E-state index in [0.29, 0.717) is 44.8 Å². The van der Waals surface area contributed by atoms with E-state index in [1.54, 1.807) is 4.90 Å². The normalized spacial score (nSPS) is 17.8. The smallest absolute Gasteiger partial charge is 0.410 e. The summed E-state index contributed by atoms with van der Waals surface area (Å²) in [5.74, 6) is 0.671. The van der Waals surface area contributed by atoms with Gasteiger partial charge in [-0.3, -0.25) is 0 Å². The van der Waals surface area contributed by atoms with Gasteiger partial charge in [0, 0.05) is 42.4 Å². The van der Waals surface area contributed by atoms with Crippen molar-refractivity contribution < 1.29 is 14.0 Å². The lowest BCUT2D eigenvalue weighted by molar-refractivity contribution is 0.0167. The summed E-state index contributed by atoms with van der Waals surface area (Å²) in [6.45, 7) is 21.2. The first-order chi connectivity index (χ1) is 16.9. The van der Waals surface area contributed by atoms with Crippen LogP contribution in [0.25, 0.3) is 5.65 Å². The first-order valence-electron chi connectivity index (χ1n) is 13.1. The predicted octanol–water partition coefficient (Wildman–Crippen LogP) is 5.18. The lowest BCUT2D eigenvalue weighted by atomic mass is 9.88. The number of likely N-dealkylation sites (tertiary alicyclic amines) is 1. The maximum atomic E-state index is 12.4. The molecule has 1 amide bonds. The van der Waals surface area contributed by atoms with Crippen molar-refractivity contribution in [3.8, 4) is 0 Å². The number of carbonyl (C=O) groups excluding carboxylic acids is 1. The second-order valence-electron chi connectivity index (χ2n) is 12.9. The van der Waals surface area contributed by atoms with Crippen LogP contribution in [-0.4, -0.2) is 71.2 Å². The van der Waals surface area contributed by atoms with E-state index in [9.17, 15) is 4.79 Å². The van der Waals surface area contributed by atoms with Crippen LogP contribution in [0, 0.1) is 6.92 Å². The molecule has 0 aromatic carbocycles. The average Bonchev–Trinajstić information content (AvgIpc) is 3.15. The van der Waals surface area contributed by atoms with E-state index in [0.717, 1.165) is 15.7 Å². The van der Waals surface area contributed by atoms with Gasteiger partial charge >= 0.3 is 6.09 Å². The molecular weight excluding hydrogens is 552 g/mol. The molecule has 1 fully saturated rings. The van der Waals surface area contributed by atoms with Gasteiger partial charge in [0.15, 0.2) is 19.8 Å². The SMILES string of the molecule is Cc1cc(Br)cn2nc(C(CNCC3(N)CCN(C(=O)OC(C)(C)C)CC3)O[Si](C)(C)C(C)(C)C)nc12. The summed E-state index contributed by atoms with van der Waals surface area (Å²) in [6.07, 6.45) is 2.75. The Hall–Kier alpha value is -1.53. The summed E-state index contributed by atoms with van der Waals surface area (Å²) in [7, 11) is -2.10. The Kier molecular flexibility index (Phi) is 8.86. The molecule has 208 valence electrons. The monoisotopic (exact) mass is 596 g/mol. The largest absolute Gasteiger partial charge is 0.444 e. The summed E-state index contributed by atoms with van der Waals surface area (Å²) in [5, 5.41) is 8.39. The standard InChI is InChI=1S/C26H45BrN6O3Si/c1-18-14-19(27)16-33-22(18)30-21(31-33)20(36-37(8,9)25(5,6)7)15-29-17-26(28)10-12-32(13-11-26)23(34)35-24(2,3)4/h14,16,20,29H,10-13,15,17,28H2,1-9H3. The van der Waals surface area contributed by atoms with E-state index >= 15 is 0 Å². The Morgan fingerprint density at radius 2 is 1.86 bits per heavy atom. The van der Waals surface area contributed by atoms with Crippen LogP contribution in [0.5, 0.6) is 0 Å². The highest BCUT2D eigenvalue weighted by molar-refractivity contribution is 9.10. The number of pyridine rings is 1. The van der Waals surface area contributed by atoms with Gasteiger partial charge in [0.25, 0.3) is 0 Å². The second kappa shape index (κ2) is 10.9. The van der Waals surface area contributed by atoms with Gasteiger partial charge in [0.05, 0.1) is 0 Å². The van der Waals surface area contributed by atoms with Gasteiger partial charge in [0.2, 0.25) is 0 Å². The fourth-order valence-electron chi connectivity index (χ4n) is 4.07. The van der Waals surface area contributed by atoms with Gasteiger partial charge in [-0.25, -0.2) is 14.3 Å². The molecule has 1 aliphatic heterocycles. The minimum Gasteiger partial charge on any atom is -0.444 e. The quantitative estimate of drug-likeness (QED) is 0.424. The number of carbonyl (C=O) groups is 1. The molecule has 0 radical (unpaired) electrons. The zero-order valence-electron chi connectivity index (χ0n) is 23.9. The van der Waals surface area contributed by atoms with Gasteiger partial charge in [-0.1, -0.05) is 20.8 Å². The van der Waals surface area contributed by atoms with Crippen LogP contribution in [0.4, 0.5) is 4.79 Å². The number of aromatic nitrogens is 3. The van der Waals surface area contributed by atoms with E-state index in [1.807, 2.05) is 44.5 Å². The highest BCUT2D eigenvalue weighted by atomic mass is 79.9. The topological polar surface area (TPSA) is 107 Å². The van der Waals surface area contributed by atoms with Gasteiger partial charge < -0.3 is 25.1 Å². The fourth-order valence-corrected chi connectivity index (χ4v) is 5.86. The molecular formula is C26H45BrN6O3Si. The highest BCUT2D eigenvalue weighted by Gasteiger charge is 2.41. The van der Waals surface area contributed by atoms with Crippen molar-refractivity contribution in [1.82, 2.24) is 24.8 Å². The summed E-state index contributed by atoms with van der Waals surface area (Å²) in [5.41, 5.74) is 7.71. The Bertz CT molecular complexity index is 1100. The lowest BCUT2D eigenvalue weighted by Crippen LogP contribution is -2.57. The van der Waals surface area contributed by atoms with Crippen LogP contribution in [-0.2, 0) is 9.16 Å². The number of rotatable bonds is 7. The molecule has 3 rings (SSSR count). The van der Waals surface area contributed by atoms with Gasteiger partial charge in [0.1, 0.15) is 11.7 Å². The van der Waals surface area contributed by atoms with Gasteiger partial charge in [-0.15, -0.1) is 5.10 Å². The number of hydrogen-bond acceptors (Lipinski definition) is 7. The molecule has 1 aliphatic rings. The van der Waals surface area contributed by atoms with Crippen LogP contribution in [0.3, 0.4) is 0 Å². The molecule has 0 aliphatic carbocycles. The van der Waals surface area contributed by atoms with E-state index in [2.05, 4.69) is 55.1 Å². The van der Waals surface area contributed by atoms with Crippen LogP contribution in [0.2, 0.25) is 18.1 Å². The number of ether oxygens (including phenoxy) is 1. The number of aryl methyl sites for hydroxylation is 1. The molecule has 2 aromatic heterocycles. The minimum absolute atomic E-state index is 0.0485. The molecule has 2 aromatic rings. The number of halogens is 1. The molecule has 1 atom stereocenters. The molecule has 1 unspecified atom stereocenters. The fraction of sp³-hybridized carbons (Fsp3) is 0.731. The molecule has 0 spiro atoms. The maximum absolute atomic E-state index is 12.4. The van der Waals surface area contributed by atoms with Crippen molar-refractivity contribution in [3.05, 3.63) is 28.1 Å². The van der Waals surface area contributed by atoms with Crippen molar-refractivity contribution >= 4 is 36.0 Å². The highest BCUT2D eigenvalue weighted by Crippen LogP contribution is 2.39. The van der Waals surface area contributed by atoms with E-state index in [-0.39, 0.29) is 17.2 Å². The number of nitrogens with zero attached hydrogens (tertiary/aromatic N) is 4. The van der Waals surface area contributed by atoms with Gasteiger partial charge in [-0.05, 0) is 86.2 Å². The lowest BCUT2D eigenvalue weighted by Gasteiger charge is -2.40. The van der Waals surface area contributed by atoms with Crippen LogP contribution < -0.4 is 11.1 Å². The average molecular weight is 598 g/mol. The van der Waals surface area contributed by atoms with Crippen LogP contribution >= 0.6 is 15.9 Å². The van der Waals surface area contributed by atoms with Crippen molar-refractivity contribution in [1.29, 1.82) is 0 Å². The van der Waals surface area contributed by atoms with Crippen LogP contribution in [0.1, 0.15) is 71.9 Å². The van der Waals surface area contributed by atoms with Gasteiger partial charge in [-0.2, -0.15) is 0 Å². The number of hydrogen-bond donors (Lipinski definition) is 2. The third kappa shape index (κ3) is 7.75. The zero-order chi connectivity index (χ0) is 27.8. The molecule has 1 saturated heterocycles. The van der Waals surface area contributed by atoms with E-state index < -0.39 is 19.5 Å². The Morgan fingerprint density at radius 3 is 2.43 bits per heavy atom. The molecule has 3 heterocycles. The Morgan fingerprint density at radius 1 is 1.24 bits per heavy atom. The molecule has 3 N–H and O–H groups in total. The summed E-state index contributed by atoms with van der Waals surface area (Å²) in [6, 6.07) is 2.04. The minimum atomic E-state index is -2.10. The van der Waals surface area contributed by atoms with Crippen molar-refractivity contribution in [3.63, 3.8) is 0 Å². The predicted molar refractivity (Wildman–Crippen MR) is 153 cm³/mol. The molecule has 0 bridgehead atoms. The first kappa shape index (κ1) is 30.0. The third-order valence-electron chi connectivity index (χ3n) is 7.35. The van der Waals surface area contributed by atoms with Crippen molar-refractivity contribution in [2.75, 3.05) is 26.2 Å². The number of amides is 1. The Labute approximate surface area is 231 Å². The number of fused-ring (bicyclic) bond motifs is 1. The number of piperidine rings is 1. The van der Waals surface area contributed by atoms with Crippen molar-refractivity contribution in [2.45, 2.75) is 96.7 Å². The van der Waals surface area contributed by atoms with E-state index in [4.69, 9.17) is 25.0 Å². The summed E-state index contributed by atoms with van der Waals surface area (Å²) < 4.78 is 15.1. The number of nitrogens with two attached hydrogens (primary N) is 1. The third-order valence-corrected chi connectivity index (χ3v) is 12.3. The summed E-state index contributed by atoms with van der Waals surface area (Å²) in [4.78, 5) is 19.0.